The molecule has 18 heavy (non-hydrogen) atoms. The number of carbonyl (C=O) groups is 1. The summed E-state index contributed by atoms with van der Waals surface area (Å²) in [6, 6.07) is 5.35. The Kier molecular flexibility index (Phi) is 5.33. The summed E-state index contributed by atoms with van der Waals surface area (Å²) in [5.41, 5.74) is 0.786. The lowest BCUT2D eigenvalue weighted by Gasteiger charge is -2.07. The highest BCUT2D eigenvalue weighted by Crippen LogP contribution is 2.25. The van der Waals surface area contributed by atoms with Gasteiger partial charge in [-0.15, -0.1) is 6.42 Å². The van der Waals surface area contributed by atoms with Gasteiger partial charge in [-0.1, -0.05) is 5.92 Å². The van der Waals surface area contributed by atoms with E-state index >= 15 is 0 Å². The van der Waals surface area contributed by atoms with Gasteiger partial charge in [-0.05, 0) is 18.2 Å². The Morgan fingerprint density at radius 2 is 2.22 bits per heavy atom. The van der Waals surface area contributed by atoms with Crippen molar-refractivity contribution in [2.75, 3.05) is 20.8 Å². The third kappa shape index (κ3) is 3.87. The maximum absolute atomic E-state index is 11.3. The summed E-state index contributed by atoms with van der Waals surface area (Å²) in [7, 11) is 3.14. The van der Waals surface area contributed by atoms with Gasteiger partial charge in [0.05, 0.1) is 20.8 Å². The van der Waals surface area contributed by atoms with Crippen LogP contribution >= 0.6 is 0 Å². The molecule has 1 N–H and O–H groups in total. The van der Waals surface area contributed by atoms with Crippen LogP contribution in [-0.4, -0.2) is 26.7 Å². The van der Waals surface area contributed by atoms with Crippen LogP contribution < -0.4 is 14.8 Å². The van der Waals surface area contributed by atoms with Crippen molar-refractivity contribution in [3.8, 4) is 23.8 Å². The molecule has 1 rings (SSSR count). The molecule has 0 saturated carbocycles. The number of hydrogen-bond acceptors (Lipinski definition) is 3. The molecular weight excluding hydrogens is 230 g/mol. The van der Waals surface area contributed by atoms with E-state index in [9.17, 15) is 4.79 Å². The van der Waals surface area contributed by atoms with Crippen molar-refractivity contribution in [2.24, 2.45) is 0 Å². The maximum atomic E-state index is 11.3. The predicted molar refractivity (Wildman–Crippen MR) is 70.4 cm³/mol. The number of methoxy groups -OCH3 is 2. The van der Waals surface area contributed by atoms with Crippen molar-refractivity contribution < 1.29 is 14.3 Å². The van der Waals surface area contributed by atoms with E-state index in [0.717, 1.165) is 5.56 Å². The van der Waals surface area contributed by atoms with Gasteiger partial charge < -0.3 is 14.8 Å². The van der Waals surface area contributed by atoms with Crippen LogP contribution in [0.2, 0.25) is 0 Å². The fourth-order valence-corrected chi connectivity index (χ4v) is 1.32. The van der Waals surface area contributed by atoms with Gasteiger partial charge in [-0.2, -0.15) is 0 Å². The molecule has 1 aromatic carbocycles. The molecular formula is C14H15NO3. The summed E-state index contributed by atoms with van der Waals surface area (Å²) in [4.78, 5) is 11.3. The molecule has 4 heteroatoms. The van der Waals surface area contributed by atoms with Crippen molar-refractivity contribution >= 4 is 12.0 Å². The third-order valence-corrected chi connectivity index (χ3v) is 2.22. The molecule has 0 spiro atoms. The Morgan fingerprint density at radius 1 is 1.44 bits per heavy atom. The Hall–Kier alpha value is -2.41. The van der Waals surface area contributed by atoms with E-state index in [1.165, 1.54) is 6.08 Å². The number of ether oxygens (including phenoxy) is 2. The second-order valence-electron chi connectivity index (χ2n) is 3.36. The summed E-state index contributed by atoms with van der Waals surface area (Å²) in [6.45, 7) is 0.211. The first-order chi connectivity index (χ1) is 8.71. The van der Waals surface area contributed by atoms with Gasteiger partial charge in [-0.25, -0.2) is 0 Å². The number of rotatable bonds is 5. The molecule has 0 saturated heterocycles. The van der Waals surface area contributed by atoms with E-state index in [2.05, 4.69) is 11.2 Å². The summed E-state index contributed by atoms with van der Waals surface area (Å²) in [6.07, 6.45) is 8.10. The lowest BCUT2D eigenvalue weighted by atomic mass is 10.1. The molecule has 0 atom stereocenters. The second kappa shape index (κ2) is 7.02. The highest BCUT2D eigenvalue weighted by Gasteiger charge is 2.02. The molecule has 1 amide bonds. The van der Waals surface area contributed by atoms with Crippen molar-refractivity contribution in [1.82, 2.24) is 5.32 Å². The lowest BCUT2D eigenvalue weighted by Crippen LogP contribution is -2.20. The summed E-state index contributed by atoms with van der Waals surface area (Å²) in [5.74, 6) is 3.41. The average molecular weight is 245 g/mol. The Labute approximate surface area is 107 Å². The van der Waals surface area contributed by atoms with Gasteiger partial charge >= 0.3 is 0 Å². The number of carbonyl (C=O) groups excluding carboxylic acids is 1. The van der Waals surface area contributed by atoms with Crippen LogP contribution in [0.1, 0.15) is 5.56 Å². The maximum Gasteiger partial charge on any atom is 0.244 e. The highest BCUT2D eigenvalue weighted by atomic mass is 16.5. The van der Waals surface area contributed by atoms with Crippen molar-refractivity contribution in [3.05, 3.63) is 29.8 Å². The van der Waals surface area contributed by atoms with Crippen LogP contribution in [0.4, 0.5) is 0 Å². The Morgan fingerprint density at radius 3 is 2.83 bits per heavy atom. The smallest absolute Gasteiger partial charge is 0.244 e. The van der Waals surface area contributed by atoms with E-state index < -0.39 is 0 Å². The molecule has 0 radical (unpaired) electrons. The fourth-order valence-electron chi connectivity index (χ4n) is 1.32. The summed E-state index contributed by atoms with van der Waals surface area (Å²) >= 11 is 0. The largest absolute Gasteiger partial charge is 0.497 e. The number of hydrogen-bond donors (Lipinski definition) is 1. The Balaban J connectivity index is 2.81. The molecule has 1 aromatic rings. The molecule has 0 aliphatic rings. The zero-order valence-electron chi connectivity index (χ0n) is 10.4. The van der Waals surface area contributed by atoms with Gasteiger partial charge in [0.25, 0.3) is 0 Å². The normalized spacial score (nSPS) is 9.83. The number of terminal acetylenes is 1. The van der Waals surface area contributed by atoms with Crippen LogP contribution in [0.5, 0.6) is 11.5 Å². The lowest BCUT2D eigenvalue weighted by molar-refractivity contribution is -0.116. The Bertz CT molecular complexity index is 486. The molecule has 0 aliphatic heterocycles. The molecule has 0 bridgehead atoms. The van der Waals surface area contributed by atoms with Gasteiger partial charge in [-0.3, -0.25) is 4.79 Å². The molecule has 0 fully saturated rings. The van der Waals surface area contributed by atoms with Crippen LogP contribution in [0, 0.1) is 12.3 Å². The minimum atomic E-state index is -0.245. The average Bonchev–Trinajstić information content (AvgIpc) is 2.42. The zero-order valence-corrected chi connectivity index (χ0v) is 10.4. The van der Waals surface area contributed by atoms with Gasteiger partial charge in [0, 0.05) is 17.7 Å². The molecule has 4 nitrogen and oxygen atoms in total. The van der Waals surface area contributed by atoms with Gasteiger partial charge in [0.1, 0.15) is 11.5 Å². The summed E-state index contributed by atoms with van der Waals surface area (Å²) < 4.78 is 10.3. The summed E-state index contributed by atoms with van der Waals surface area (Å²) in [5, 5.41) is 2.54. The molecule has 0 unspecified atom stereocenters. The quantitative estimate of drug-likeness (QED) is 0.631. The molecule has 0 aromatic heterocycles. The number of benzene rings is 1. The van der Waals surface area contributed by atoms with Crippen molar-refractivity contribution in [1.29, 1.82) is 0 Å². The molecule has 0 heterocycles. The predicted octanol–water partition coefficient (Wildman–Crippen LogP) is 1.47. The number of amides is 1. The number of nitrogens with one attached hydrogen (secondary N) is 1. The van der Waals surface area contributed by atoms with Crippen LogP contribution in [0.15, 0.2) is 24.3 Å². The van der Waals surface area contributed by atoms with E-state index in [0.29, 0.717) is 11.5 Å². The molecule has 94 valence electrons. The SMILES string of the molecule is C#CCNC(=O)C=Cc1ccc(OC)cc1OC. The zero-order chi connectivity index (χ0) is 13.4. The minimum Gasteiger partial charge on any atom is -0.497 e. The van der Waals surface area contributed by atoms with Crippen LogP contribution in [0.3, 0.4) is 0 Å². The molecule has 0 aliphatic carbocycles. The van der Waals surface area contributed by atoms with Gasteiger partial charge in [0.15, 0.2) is 0 Å². The monoisotopic (exact) mass is 245 g/mol. The van der Waals surface area contributed by atoms with Crippen LogP contribution in [0.25, 0.3) is 6.08 Å². The first-order valence-electron chi connectivity index (χ1n) is 5.32. The fraction of sp³-hybridized carbons (Fsp3) is 0.214. The van der Waals surface area contributed by atoms with E-state index in [4.69, 9.17) is 15.9 Å². The van der Waals surface area contributed by atoms with E-state index in [1.807, 2.05) is 6.07 Å². The van der Waals surface area contributed by atoms with Gasteiger partial charge in [0.2, 0.25) is 5.91 Å². The second-order valence-corrected chi connectivity index (χ2v) is 3.36. The standard InChI is InChI=1S/C14H15NO3/c1-4-9-15-14(16)8-6-11-5-7-12(17-2)10-13(11)18-3/h1,5-8,10H,9H2,2-3H3,(H,15,16). The highest BCUT2D eigenvalue weighted by molar-refractivity contribution is 5.92. The topological polar surface area (TPSA) is 47.6 Å². The first-order valence-corrected chi connectivity index (χ1v) is 5.32. The first kappa shape index (κ1) is 13.7. The minimum absolute atomic E-state index is 0.211. The van der Waals surface area contributed by atoms with E-state index in [1.54, 1.807) is 32.4 Å². The van der Waals surface area contributed by atoms with Crippen molar-refractivity contribution in [3.63, 3.8) is 0 Å². The van der Waals surface area contributed by atoms with Crippen molar-refractivity contribution in [2.45, 2.75) is 0 Å². The van der Waals surface area contributed by atoms with E-state index in [-0.39, 0.29) is 12.5 Å². The third-order valence-electron chi connectivity index (χ3n) is 2.22. The van der Waals surface area contributed by atoms with Crippen LogP contribution in [-0.2, 0) is 4.79 Å².